The number of thioether (sulfide) groups is 1. The summed E-state index contributed by atoms with van der Waals surface area (Å²) in [5.74, 6) is -11.7. The fourth-order valence-corrected chi connectivity index (χ4v) is 8.98. The zero-order valence-electron chi connectivity index (χ0n) is 45.2. The molecule has 0 fully saturated rings. The maximum atomic E-state index is 15.4. The zero-order valence-corrected chi connectivity index (χ0v) is 46.1. The van der Waals surface area contributed by atoms with Crippen LogP contribution in [0.25, 0.3) is 11.1 Å². The van der Waals surface area contributed by atoms with E-state index in [0.29, 0.717) is 11.3 Å². The van der Waals surface area contributed by atoms with E-state index in [1.165, 1.54) is 13.8 Å². The van der Waals surface area contributed by atoms with Crippen molar-refractivity contribution in [3.8, 4) is 11.1 Å². The van der Waals surface area contributed by atoms with Crippen molar-refractivity contribution in [2.24, 2.45) is 17.1 Å². The van der Waals surface area contributed by atoms with Crippen molar-refractivity contribution in [3.63, 3.8) is 0 Å². The first-order valence-electron chi connectivity index (χ1n) is 25.6. The molecule has 5 amide bonds. The second-order valence-electron chi connectivity index (χ2n) is 19.6. The molecule has 0 aliphatic heterocycles. The molecular weight excluding hydrogens is 1040 g/mol. The van der Waals surface area contributed by atoms with Gasteiger partial charge in [-0.2, -0.15) is 11.8 Å². The van der Waals surface area contributed by atoms with Gasteiger partial charge in [-0.25, -0.2) is 13.6 Å². The van der Waals surface area contributed by atoms with E-state index < -0.39 is 125 Å². The molecule has 0 aliphatic rings. The summed E-state index contributed by atoms with van der Waals surface area (Å²) in [5, 5.41) is 34.3. The number of unbranched alkanes of at least 4 members (excludes halogenated alkanes) is 1. The first-order chi connectivity index (χ1) is 36.7. The summed E-state index contributed by atoms with van der Waals surface area (Å²) in [5.41, 5.74) is 6.43. The van der Waals surface area contributed by atoms with E-state index in [1.807, 2.05) is 69.5 Å². The highest BCUT2D eigenvalue weighted by atomic mass is 32.2. The van der Waals surface area contributed by atoms with E-state index in [1.54, 1.807) is 17.2 Å². The lowest BCUT2D eigenvalue weighted by Crippen LogP contribution is -2.46. The van der Waals surface area contributed by atoms with Crippen LogP contribution in [0.3, 0.4) is 0 Å². The maximum absolute atomic E-state index is 15.4. The summed E-state index contributed by atoms with van der Waals surface area (Å²) >= 11 is 1.06. The highest BCUT2D eigenvalue weighted by molar-refractivity contribution is 7.99. The molecule has 0 saturated carbocycles. The number of nitrogens with zero attached hydrogens (tertiary/aromatic N) is 2. The minimum absolute atomic E-state index is 0.0181. The summed E-state index contributed by atoms with van der Waals surface area (Å²) in [6.45, 7) is 12.7. The molecule has 0 spiro atoms. The predicted molar refractivity (Wildman–Crippen MR) is 286 cm³/mol. The van der Waals surface area contributed by atoms with Gasteiger partial charge in [0.05, 0.1) is 43.1 Å². The van der Waals surface area contributed by atoms with E-state index in [-0.39, 0.29) is 87.9 Å². The molecule has 0 unspecified atom stereocenters. The van der Waals surface area contributed by atoms with Gasteiger partial charge in [-0.05, 0) is 55.0 Å². The van der Waals surface area contributed by atoms with Crippen LogP contribution in [0.5, 0.6) is 0 Å². The van der Waals surface area contributed by atoms with Crippen LogP contribution in [0.2, 0.25) is 0 Å². The lowest BCUT2D eigenvalue weighted by Gasteiger charge is -2.41. The normalized spacial score (nSPS) is 13.0. The molecule has 8 N–H and O–H groups in total. The van der Waals surface area contributed by atoms with E-state index >= 15 is 4.39 Å². The molecule has 1 aromatic heterocycles. The van der Waals surface area contributed by atoms with Gasteiger partial charge in [0.25, 0.3) is 0 Å². The summed E-state index contributed by atoms with van der Waals surface area (Å²) in [7, 11) is 0. The standard InChI is InChI=1S/C53H68F2N6O14S.C2H6/c1-31(23-43(64)32(2)57-45(66)18-15-36(62)16-19-48(69)70)51(73)59-39(26-44(56)65)42(63)13-9-10-21-61(47(68)30-76-22-20-46(67)58-40(52(74)75)27-49(71)72)50(53(3,4)5)41-24-34(37-25-35(54)14-17-38(37)55)29-60(41)28-33-11-7-6-8-12-33;1-2/h6-8,11-12,14,17,24-25,29,31-32,39-40,50H,9-10,13,15-16,18-23,26-28,30H2,1-5H3,(H2,56,65)(H,57,66)(H,58,67)(H,59,73)(H,69,70)(H,71,72)(H,74,75);1-2H3/t31-,32-,39-,40+,50-;/m0./s1. The molecule has 1 heterocycles. The molecule has 23 heteroatoms. The molecule has 78 heavy (non-hydrogen) atoms. The number of Topliss-reactive ketones (excluding diaryl/α,β-unsaturated/α-hetero) is 3. The van der Waals surface area contributed by atoms with Gasteiger partial charge in [0, 0.05) is 86.3 Å². The summed E-state index contributed by atoms with van der Waals surface area (Å²) < 4.78 is 31.9. The predicted octanol–water partition coefficient (Wildman–Crippen LogP) is 6.00. The Balaban J connectivity index is 0.0000103. The minimum atomic E-state index is -1.67. The van der Waals surface area contributed by atoms with Crippen LogP contribution in [-0.2, 0) is 59.3 Å². The summed E-state index contributed by atoms with van der Waals surface area (Å²) in [6, 6.07) is 9.17. The average molecular weight is 1110 g/mol. The molecule has 0 saturated heterocycles. The third kappa shape index (κ3) is 23.5. The number of carbonyl (C=O) groups excluding carboxylic acids is 8. The van der Waals surface area contributed by atoms with Crippen LogP contribution in [0.4, 0.5) is 8.78 Å². The number of nitrogens with two attached hydrogens (primary N) is 1. The third-order valence-corrected chi connectivity index (χ3v) is 13.0. The number of aliphatic carboxylic acids is 3. The van der Waals surface area contributed by atoms with Gasteiger partial charge >= 0.3 is 17.9 Å². The average Bonchev–Trinajstić information content (AvgIpc) is 3.77. The van der Waals surface area contributed by atoms with Crippen molar-refractivity contribution >= 4 is 76.6 Å². The summed E-state index contributed by atoms with van der Waals surface area (Å²) in [4.78, 5) is 139. The van der Waals surface area contributed by atoms with Gasteiger partial charge in [-0.1, -0.05) is 71.9 Å². The number of primary amides is 1. The Labute approximate surface area is 457 Å². The molecule has 0 aliphatic carbocycles. The molecule has 3 aromatic rings. The van der Waals surface area contributed by atoms with Crippen molar-refractivity contribution < 1.29 is 76.8 Å². The van der Waals surface area contributed by atoms with Crippen molar-refractivity contribution in [2.45, 2.75) is 150 Å². The second-order valence-corrected chi connectivity index (χ2v) is 20.7. The van der Waals surface area contributed by atoms with Crippen molar-refractivity contribution in [1.29, 1.82) is 0 Å². The fraction of sp³-hybridized carbons (Fsp3) is 0.509. The van der Waals surface area contributed by atoms with Crippen LogP contribution >= 0.6 is 11.8 Å². The van der Waals surface area contributed by atoms with Crippen LogP contribution in [0.1, 0.15) is 136 Å². The lowest BCUT2D eigenvalue weighted by molar-refractivity contribution is -0.147. The SMILES string of the molecule is CC.C[C@H](NC(=O)CCC(=O)CCC(=O)O)C(=O)C[C@H](C)C(=O)N[C@@H](CC(N)=O)C(=O)CCCCN(C(=O)CSCCC(=O)N[C@H](CC(=O)O)C(=O)O)[C@@H](c1cc(-c2cc(F)ccc2F)cn1Cc1ccccc1)C(C)(C)C. The molecule has 0 radical (unpaired) electrons. The number of carbonyl (C=O) groups is 11. The Morgan fingerprint density at radius 1 is 0.718 bits per heavy atom. The molecule has 0 bridgehead atoms. The topological polar surface area (TPSA) is 319 Å². The molecule has 20 nitrogen and oxygen atoms in total. The highest BCUT2D eigenvalue weighted by Crippen LogP contribution is 2.41. The Bertz CT molecular complexity index is 2590. The molecule has 2 aromatic carbocycles. The van der Waals surface area contributed by atoms with Gasteiger partial charge in [0.2, 0.25) is 29.5 Å². The summed E-state index contributed by atoms with van der Waals surface area (Å²) in [6.07, 6.45) is -1.39. The van der Waals surface area contributed by atoms with Crippen molar-refractivity contribution in [1.82, 2.24) is 25.4 Å². The van der Waals surface area contributed by atoms with Gasteiger partial charge in [-0.15, -0.1) is 0 Å². The van der Waals surface area contributed by atoms with Gasteiger partial charge in [0.1, 0.15) is 23.5 Å². The largest absolute Gasteiger partial charge is 0.481 e. The van der Waals surface area contributed by atoms with E-state index in [0.717, 1.165) is 35.5 Å². The monoisotopic (exact) mass is 1110 g/mol. The van der Waals surface area contributed by atoms with Crippen LogP contribution in [-0.4, -0.2) is 126 Å². The van der Waals surface area contributed by atoms with E-state index in [9.17, 15) is 62.2 Å². The van der Waals surface area contributed by atoms with Crippen LogP contribution in [0.15, 0.2) is 60.8 Å². The number of aromatic nitrogens is 1. The number of hydrogen-bond acceptors (Lipinski definition) is 12. The van der Waals surface area contributed by atoms with Gasteiger partial charge in [0.15, 0.2) is 11.6 Å². The number of amides is 5. The van der Waals surface area contributed by atoms with E-state index in [2.05, 4.69) is 16.0 Å². The highest BCUT2D eigenvalue weighted by Gasteiger charge is 2.37. The Kier molecular flexibility index (Phi) is 28.3. The number of rotatable bonds is 34. The van der Waals surface area contributed by atoms with Crippen LogP contribution in [0, 0.1) is 23.0 Å². The molecule has 3 rings (SSSR count). The van der Waals surface area contributed by atoms with Crippen LogP contribution < -0.4 is 21.7 Å². The minimum Gasteiger partial charge on any atom is -0.481 e. The molecule has 428 valence electrons. The lowest BCUT2D eigenvalue weighted by atomic mass is 9.82. The fourth-order valence-electron chi connectivity index (χ4n) is 8.16. The first kappa shape index (κ1) is 66.8. The Hall–Kier alpha value is -7.30. The number of nitrogens with one attached hydrogen (secondary N) is 3. The number of benzene rings is 2. The molecular formula is C55H74F2N6O14S. The first-order valence-corrected chi connectivity index (χ1v) is 26.8. The smallest absolute Gasteiger partial charge is 0.326 e. The number of carboxylic acids is 3. The van der Waals surface area contributed by atoms with Gasteiger partial charge in [-0.3, -0.25) is 47.9 Å². The molecule has 5 atom stereocenters. The van der Waals surface area contributed by atoms with Crippen molar-refractivity contribution in [2.75, 3.05) is 18.1 Å². The number of halogens is 2. The number of hydrogen-bond donors (Lipinski definition) is 7. The van der Waals surface area contributed by atoms with E-state index in [4.69, 9.17) is 15.9 Å². The maximum Gasteiger partial charge on any atom is 0.326 e. The second kappa shape index (κ2) is 33.1. The third-order valence-electron chi connectivity index (χ3n) is 12.1. The number of ketones is 3. The number of carboxylic acid groups (broad SMARTS) is 3. The van der Waals surface area contributed by atoms with Crippen molar-refractivity contribution in [3.05, 3.63) is 83.7 Å². The Morgan fingerprint density at radius 2 is 1.36 bits per heavy atom. The van der Waals surface area contributed by atoms with Gasteiger partial charge < -0.3 is 46.5 Å². The zero-order chi connectivity index (χ0) is 58.9. The quantitative estimate of drug-likeness (QED) is 0.0337. The Morgan fingerprint density at radius 3 is 1.96 bits per heavy atom.